The van der Waals surface area contributed by atoms with Crippen molar-refractivity contribution < 1.29 is 8.42 Å². The third-order valence-corrected chi connectivity index (χ3v) is 2.35. The van der Waals surface area contributed by atoms with Crippen LogP contribution in [0.5, 0.6) is 0 Å². The second-order valence-corrected chi connectivity index (χ2v) is 3.61. The number of aromatic amines is 1. The van der Waals surface area contributed by atoms with Crippen molar-refractivity contribution in [2.75, 3.05) is 6.54 Å². The fourth-order valence-corrected chi connectivity index (χ4v) is 1.44. The Morgan fingerprint density at radius 3 is 3.00 bits per heavy atom. The average Bonchev–Trinajstić information content (AvgIpc) is 2.53. The van der Waals surface area contributed by atoms with Crippen LogP contribution in [0, 0.1) is 12.3 Å². The van der Waals surface area contributed by atoms with Gasteiger partial charge in [-0.3, -0.25) is 0 Å². The Hall–Kier alpha value is -1.32. The van der Waals surface area contributed by atoms with Crippen molar-refractivity contribution in [3.63, 3.8) is 0 Å². The van der Waals surface area contributed by atoms with Crippen molar-refractivity contribution in [2.45, 2.75) is 5.16 Å². The summed E-state index contributed by atoms with van der Waals surface area (Å²) in [7, 11) is -3.54. The Morgan fingerprint density at radius 1 is 1.75 bits per heavy atom. The molecule has 0 aromatic carbocycles. The van der Waals surface area contributed by atoms with Crippen LogP contribution in [-0.4, -0.2) is 24.9 Å². The molecule has 0 saturated heterocycles. The number of nitrogens with zero attached hydrogens (tertiary/aromatic N) is 1. The first kappa shape index (κ1) is 8.77. The first-order valence-electron chi connectivity index (χ1n) is 3.09. The van der Waals surface area contributed by atoms with Gasteiger partial charge in [0.15, 0.2) is 0 Å². The van der Waals surface area contributed by atoms with Crippen LogP contribution >= 0.6 is 0 Å². The molecule has 0 amide bonds. The van der Waals surface area contributed by atoms with Crippen molar-refractivity contribution in [3.8, 4) is 12.3 Å². The molecule has 5 nitrogen and oxygen atoms in total. The maximum absolute atomic E-state index is 11.2. The number of imidazole rings is 1. The van der Waals surface area contributed by atoms with Crippen molar-refractivity contribution in [1.82, 2.24) is 14.7 Å². The topological polar surface area (TPSA) is 74.8 Å². The van der Waals surface area contributed by atoms with Gasteiger partial charge in [-0.15, -0.1) is 6.42 Å². The molecule has 6 heteroatoms. The minimum Gasteiger partial charge on any atom is -0.334 e. The average molecular weight is 185 g/mol. The summed E-state index contributed by atoms with van der Waals surface area (Å²) in [4.78, 5) is 6.02. The van der Waals surface area contributed by atoms with E-state index in [0.29, 0.717) is 0 Å². The van der Waals surface area contributed by atoms with E-state index in [-0.39, 0.29) is 11.7 Å². The summed E-state index contributed by atoms with van der Waals surface area (Å²) in [5.41, 5.74) is 0. The predicted octanol–water partition coefficient (Wildman–Crippen LogP) is -0.679. The summed E-state index contributed by atoms with van der Waals surface area (Å²) in [6, 6.07) is 0. The monoisotopic (exact) mass is 185 g/mol. The van der Waals surface area contributed by atoms with Crippen molar-refractivity contribution >= 4 is 10.0 Å². The van der Waals surface area contributed by atoms with Crippen LogP contribution in [0.4, 0.5) is 0 Å². The largest absolute Gasteiger partial charge is 0.334 e. The molecule has 64 valence electrons. The highest BCUT2D eigenvalue weighted by atomic mass is 32.2. The third kappa shape index (κ3) is 1.84. The summed E-state index contributed by atoms with van der Waals surface area (Å²) < 4.78 is 24.5. The number of terminal acetylenes is 1. The molecular weight excluding hydrogens is 178 g/mol. The van der Waals surface area contributed by atoms with E-state index in [1.165, 1.54) is 12.4 Å². The zero-order valence-electron chi connectivity index (χ0n) is 6.11. The molecule has 0 saturated carbocycles. The van der Waals surface area contributed by atoms with Gasteiger partial charge in [0.25, 0.3) is 10.0 Å². The number of rotatable bonds is 3. The number of H-pyrrole nitrogens is 1. The highest BCUT2D eigenvalue weighted by Crippen LogP contribution is 1.97. The molecule has 0 spiro atoms. The van der Waals surface area contributed by atoms with E-state index in [2.05, 4.69) is 20.6 Å². The molecule has 0 aliphatic rings. The molecule has 0 atom stereocenters. The molecule has 2 N–H and O–H groups in total. The van der Waals surface area contributed by atoms with Crippen LogP contribution in [0.2, 0.25) is 0 Å². The van der Waals surface area contributed by atoms with Crippen molar-refractivity contribution in [2.24, 2.45) is 0 Å². The van der Waals surface area contributed by atoms with E-state index >= 15 is 0 Å². The molecule has 1 aromatic heterocycles. The first-order valence-corrected chi connectivity index (χ1v) is 4.57. The molecular formula is C6H7N3O2S. The number of hydrogen-bond acceptors (Lipinski definition) is 3. The van der Waals surface area contributed by atoms with Crippen LogP contribution in [0.15, 0.2) is 17.6 Å². The summed E-state index contributed by atoms with van der Waals surface area (Å²) in [5, 5.41) is -0.127. The second-order valence-electron chi connectivity index (χ2n) is 1.92. The van der Waals surface area contributed by atoms with Gasteiger partial charge in [0.2, 0.25) is 5.16 Å². The lowest BCUT2D eigenvalue weighted by atomic mass is 10.7. The quantitative estimate of drug-likeness (QED) is 0.613. The SMILES string of the molecule is C#CCNS(=O)(=O)c1ncc[nH]1. The Kier molecular flexibility index (Phi) is 2.47. The molecule has 0 unspecified atom stereocenters. The number of sulfonamides is 1. The summed E-state index contributed by atoms with van der Waals surface area (Å²) in [6.07, 6.45) is 7.65. The van der Waals surface area contributed by atoms with Gasteiger partial charge in [-0.2, -0.15) is 4.72 Å². The minimum absolute atomic E-state index is 0.0387. The summed E-state index contributed by atoms with van der Waals surface area (Å²) in [5.74, 6) is 2.15. The molecule has 12 heavy (non-hydrogen) atoms. The highest BCUT2D eigenvalue weighted by molar-refractivity contribution is 7.89. The summed E-state index contributed by atoms with van der Waals surface area (Å²) in [6.45, 7) is -0.0387. The normalized spacial score (nSPS) is 10.9. The Bertz CT molecular complexity index is 373. The number of aromatic nitrogens is 2. The van der Waals surface area contributed by atoms with E-state index in [1.807, 2.05) is 0 Å². The molecule has 1 rings (SSSR count). The molecule has 0 fully saturated rings. The molecule has 1 aromatic rings. The van der Waals surface area contributed by atoms with E-state index in [0.717, 1.165) is 0 Å². The molecule has 0 aliphatic carbocycles. The maximum Gasteiger partial charge on any atom is 0.275 e. The zero-order chi connectivity index (χ0) is 9.03. The zero-order valence-corrected chi connectivity index (χ0v) is 6.93. The molecule has 1 heterocycles. The van der Waals surface area contributed by atoms with Gasteiger partial charge in [0.1, 0.15) is 0 Å². The van der Waals surface area contributed by atoms with Crippen LogP contribution in [-0.2, 0) is 10.0 Å². The fourth-order valence-electron chi connectivity index (χ4n) is 0.603. The maximum atomic E-state index is 11.2. The molecule has 0 radical (unpaired) electrons. The lowest BCUT2D eigenvalue weighted by Crippen LogP contribution is -2.24. The predicted molar refractivity (Wildman–Crippen MR) is 42.6 cm³/mol. The van der Waals surface area contributed by atoms with Crippen LogP contribution in [0.3, 0.4) is 0 Å². The second kappa shape index (κ2) is 3.38. The highest BCUT2D eigenvalue weighted by Gasteiger charge is 2.14. The lowest BCUT2D eigenvalue weighted by Gasteiger charge is -1.97. The van der Waals surface area contributed by atoms with Crippen LogP contribution in [0.1, 0.15) is 0 Å². The van der Waals surface area contributed by atoms with Crippen molar-refractivity contribution in [3.05, 3.63) is 12.4 Å². The first-order chi connectivity index (χ1) is 5.67. The van der Waals surface area contributed by atoms with Crippen LogP contribution < -0.4 is 4.72 Å². The van der Waals surface area contributed by atoms with E-state index < -0.39 is 10.0 Å². The standard InChI is InChI=1S/C6H7N3O2S/c1-2-3-9-12(10,11)6-7-4-5-8-6/h1,4-5,9H,3H2,(H,7,8). The van der Waals surface area contributed by atoms with Gasteiger partial charge >= 0.3 is 0 Å². The van der Waals surface area contributed by atoms with E-state index in [1.54, 1.807) is 0 Å². The van der Waals surface area contributed by atoms with Gasteiger partial charge in [-0.25, -0.2) is 13.4 Å². The number of hydrogen-bond donors (Lipinski definition) is 2. The van der Waals surface area contributed by atoms with E-state index in [4.69, 9.17) is 6.42 Å². The summed E-state index contributed by atoms with van der Waals surface area (Å²) >= 11 is 0. The van der Waals surface area contributed by atoms with Gasteiger partial charge in [0, 0.05) is 12.4 Å². The van der Waals surface area contributed by atoms with Gasteiger partial charge < -0.3 is 4.98 Å². The van der Waals surface area contributed by atoms with Gasteiger partial charge in [0.05, 0.1) is 6.54 Å². The van der Waals surface area contributed by atoms with E-state index in [9.17, 15) is 8.42 Å². The van der Waals surface area contributed by atoms with Crippen LogP contribution in [0.25, 0.3) is 0 Å². The molecule has 0 aliphatic heterocycles. The van der Waals surface area contributed by atoms with Crippen molar-refractivity contribution in [1.29, 1.82) is 0 Å². The molecule has 0 bridgehead atoms. The lowest BCUT2D eigenvalue weighted by molar-refractivity contribution is 0.578. The fraction of sp³-hybridized carbons (Fsp3) is 0.167. The minimum atomic E-state index is -3.54. The Balaban J connectivity index is 2.83. The van der Waals surface area contributed by atoms with Gasteiger partial charge in [-0.05, 0) is 0 Å². The van der Waals surface area contributed by atoms with Gasteiger partial charge in [-0.1, -0.05) is 5.92 Å². The third-order valence-electron chi connectivity index (χ3n) is 1.09. The number of nitrogens with one attached hydrogen (secondary N) is 2. The smallest absolute Gasteiger partial charge is 0.275 e. The Morgan fingerprint density at radius 2 is 2.50 bits per heavy atom. The Labute approximate surface area is 70.3 Å².